The van der Waals surface area contributed by atoms with E-state index in [0.717, 1.165) is 18.7 Å². The van der Waals surface area contributed by atoms with Crippen LogP contribution in [0.1, 0.15) is 42.2 Å². The molecule has 0 N–H and O–H groups in total. The normalized spacial score (nSPS) is 19.7. The molecule has 0 saturated carbocycles. The van der Waals surface area contributed by atoms with Crippen LogP contribution in [0.2, 0.25) is 0 Å². The molecule has 2 rings (SSSR count). The Morgan fingerprint density at radius 2 is 1.93 bits per heavy atom. The molecule has 0 radical (unpaired) electrons. The lowest BCUT2D eigenvalue weighted by molar-refractivity contribution is 0.0958. The Balaban J connectivity index is 2.35. The summed E-state index contributed by atoms with van der Waals surface area (Å²) in [6.45, 7) is 6.30. The van der Waals surface area contributed by atoms with Crippen LogP contribution >= 0.6 is 0 Å². The second-order valence-corrected chi connectivity index (χ2v) is 3.95. The van der Waals surface area contributed by atoms with Crippen molar-refractivity contribution in [2.45, 2.75) is 26.3 Å². The summed E-state index contributed by atoms with van der Waals surface area (Å²) in [5, 5.41) is 0. The minimum atomic E-state index is 0.294. The minimum absolute atomic E-state index is 0.294. The van der Waals surface area contributed by atoms with Gasteiger partial charge in [0.05, 0.1) is 0 Å². The van der Waals surface area contributed by atoms with Crippen LogP contribution in [0.4, 0.5) is 0 Å². The van der Waals surface area contributed by atoms with Crippen LogP contribution in [0.5, 0.6) is 0 Å². The van der Waals surface area contributed by atoms with Gasteiger partial charge in [-0.1, -0.05) is 38.1 Å². The molecule has 0 bridgehead atoms. The second-order valence-electron chi connectivity index (χ2n) is 3.95. The fourth-order valence-electron chi connectivity index (χ4n) is 2.43. The van der Waals surface area contributed by atoms with E-state index in [0.29, 0.717) is 18.2 Å². The van der Waals surface area contributed by atoms with E-state index in [9.17, 15) is 4.79 Å². The Kier molecular flexibility index (Phi) is 2.87. The molecule has 0 aromatic heterocycles. The summed E-state index contributed by atoms with van der Waals surface area (Å²) in [7, 11) is 0. The Hall–Kier alpha value is -1.15. The number of fused-ring (bicyclic) bond motifs is 1. The molecule has 2 heteroatoms. The Morgan fingerprint density at radius 1 is 1.27 bits per heavy atom. The summed E-state index contributed by atoms with van der Waals surface area (Å²) >= 11 is 0. The van der Waals surface area contributed by atoms with Crippen molar-refractivity contribution in [3.05, 3.63) is 35.4 Å². The molecule has 1 aromatic carbocycles. The van der Waals surface area contributed by atoms with Gasteiger partial charge < -0.3 is 0 Å². The van der Waals surface area contributed by atoms with Gasteiger partial charge in [0.25, 0.3) is 0 Å². The van der Waals surface area contributed by atoms with Crippen molar-refractivity contribution in [1.82, 2.24) is 4.90 Å². The molecule has 1 aliphatic carbocycles. The van der Waals surface area contributed by atoms with Gasteiger partial charge in [-0.2, -0.15) is 0 Å². The summed E-state index contributed by atoms with van der Waals surface area (Å²) in [4.78, 5) is 14.1. The van der Waals surface area contributed by atoms with Crippen LogP contribution in [0, 0.1) is 0 Å². The zero-order valence-corrected chi connectivity index (χ0v) is 9.36. The third-order valence-corrected chi connectivity index (χ3v) is 3.25. The predicted octanol–water partition coefficient (Wildman–Crippen LogP) is 2.66. The zero-order chi connectivity index (χ0) is 10.8. The minimum Gasteiger partial charge on any atom is -0.296 e. The summed E-state index contributed by atoms with van der Waals surface area (Å²) in [5.74, 6) is 0.294. The lowest BCUT2D eigenvalue weighted by Gasteiger charge is -2.26. The standard InChI is InChI=1S/C13H17NO/c1-3-14(4-2)12-9-13(15)11-8-6-5-7-10(11)12/h5-8,12H,3-4,9H2,1-2H3. The topological polar surface area (TPSA) is 20.3 Å². The first-order valence-corrected chi connectivity index (χ1v) is 5.64. The van der Waals surface area contributed by atoms with Crippen LogP contribution in [-0.2, 0) is 0 Å². The van der Waals surface area contributed by atoms with Crippen molar-refractivity contribution < 1.29 is 4.79 Å². The van der Waals surface area contributed by atoms with Crippen molar-refractivity contribution in [3.8, 4) is 0 Å². The van der Waals surface area contributed by atoms with E-state index in [1.807, 2.05) is 18.2 Å². The lowest BCUT2D eigenvalue weighted by atomic mass is 10.1. The number of hydrogen-bond acceptors (Lipinski definition) is 2. The van der Waals surface area contributed by atoms with E-state index >= 15 is 0 Å². The van der Waals surface area contributed by atoms with Gasteiger partial charge in [0, 0.05) is 18.0 Å². The average Bonchev–Trinajstić information content (AvgIpc) is 2.60. The van der Waals surface area contributed by atoms with Crippen LogP contribution in [0.3, 0.4) is 0 Å². The molecule has 1 atom stereocenters. The lowest BCUT2D eigenvalue weighted by Crippen LogP contribution is -2.27. The van der Waals surface area contributed by atoms with Crippen LogP contribution < -0.4 is 0 Å². The summed E-state index contributed by atoms with van der Waals surface area (Å²) in [6.07, 6.45) is 0.654. The van der Waals surface area contributed by atoms with Gasteiger partial charge in [-0.25, -0.2) is 0 Å². The molecule has 0 saturated heterocycles. The molecule has 0 aliphatic heterocycles. The number of carbonyl (C=O) groups excluding carboxylic acids is 1. The molecule has 1 aromatic rings. The van der Waals surface area contributed by atoms with E-state index in [1.165, 1.54) is 5.56 Å². The second kappa shape index (κ2) is 4.15. The Morgan fingerprint density at radius 3 is 2.60 bits per heavy atom. The molecule has 1 aliphatic rings. The first-order valence-electron chi connectivity index (χ1n) is 5.64. The number of ketones is 1. The van der Waals surface area contributed by atoms with Gasteiger partial charge in [-0.15, -0.1) is 0 Å². The van der Waals surface area contributed by atoms with Gasteiger partial charge in [-0.3, -0.25) is 9.69 Å². The monoisotopic (exact) mass is 203 g/mol. The van der Waals surface area contributed by atoms with Gasteiger partial charge in [0.15, 0.2) is 5.78 Å². The van der Waals surface area contributed by atoms with Crippen molar-refractivity contribution in [2.24, 2.45) is 0 Å². The molecule has 0 fully saturated rings. The largest absolute Gasteiger partial charge is 0.296 e. The highest BCUT2D eigenvalue weighted by Gasteiger charge is 2.31. The van der Waals surface area contributed by atoms with Crippen molar-refractivity contribution in [2.75, 3.05) is 13.1 Å². The molecule has 15 heavy (non-hydrogen) atoms. The maximum absolute atomic E-state index is 11.8. The zero-order valence-electron chi connectivity index (χ0n) is 9.36. The van der Waals surface area contributed by atoms with Crippen LogP contribution in [0.15, 0.2) is 24.3 Å². The summed E-state index contributed by atoms with van der Waals surface area (Å²) in [5.41, 5.74) is 2.14. The van der Waals surface area contributed by atoms with Crippen molar-refractivity contribution in [3.63, 3.8) is 0 Å². The van der Waals surface area contributed by atoms with E-state index in [1.54, 1.807) is 0 Å². The van der Waals surface area contributed by atoms with Gasteiger partial charge in [0.2, 0.25) is 0 Å². The number of nitrogens with zero attached hydrogens (tertiary/aromatic N) is 1. The molecule has 2 nitrogen and oxygen atoms in total. The van der Waals surface area contributed by atoms with E-state index < -0.39 is 0 Å². The van der Waals surface area contributed by atoms with Crippen LogP contribution in [0.25, 0.3) is 0 Å². The quantitative estimate of drug-likeness (QED) is 0.752. The number of carbonyl (C=O) groups is 1. The third-order valence-electron chi connectivity index (χ3n) is 3.25. The van der Waals surface area contributed by atoms with Gasteiger partial charge in [-0.05, 0) is 18.7 Å². The smallest absolute Gasteiger partial charge is 0.165 e. The summed E-state index contributed by atoms with van der Waals surface area (Å²) in [6, 6.07) is 8.31. The average molecular weight is 203 g/mol. The van der Waals surface area contributed by atoms with Crippen molar-refractivity contribution >= 4 is 5.78 Å². The number of Topliss-reactive ketones (excluding diaryl/α,β-unsaturated/α-hetero) is 1. The molecule has 80 valence electrons. The first kappa shape index (κ1) is 10.4. The van der Waals surface area contributed by atoms with E-state index in [-0.39, 0.29) is 0 Å². The predicted molar refractivity (Wildman–Crippen MR) is 61.1 cm³/mol. The molecule has 1 unspecified atom stereocenters. The van der Waals surface area contributed by atoms with E-state index in [2.05, 4.69) is 24.8 Å². The number of hydrogen-bond donors (Lipinski definition) is 0. The van der Waals surface area contributed by atoms with E-state index in [4.69, 9.17) is 0 Å². The van der Waals surface area contributed by atoms with Crippen LogP contribution in [-0.4, -0.2) is 23.8 Å². The third kappa shape index (κ3) is 1.70. The molecule has 0 heterocycles. The molecular weight excluding hydrogens is 186 g/mol. The van der Waals surface area contributed by atoms with Gasteiger partial charge in [0.1, 0.15) is 0 Å². The maximum Gasteiger partial charge on any atom is 0.165 e. The Labute approximate surface area is 90.9 Å². The SMILES string of the molecule is CCN(CC)C1CC(=O)c2ccccc21. The fraction of sp³-hybridized carbons (Fsp3) is 0.462. The maximum atomic E-state index is 11.8. The molecule has 0 spiro atoms. The summed E-state index contributed by atoms with van der Waals surface area (Å²) < 4.78 is 0. The highest BCUT2D eigenvalue weighted by Crippen LogP contribution is 2.35. The van der Waals surface area contributed by atoms with Gasteiger partial charge >= 0.3 is 0 Å². The number of benzene rings is 1. The molecular formula is C13H17NO. The fourth-order valence-corrected chi connectivity index (χ4v) is 2.43. The highest BCUT2D eigenvalue weighted by molar-refractivity contribution is 6.01. The first-order chi connectivity index (χ1) is 7.27. The Bertz CT molecular complexity index is 369. The highest BCUT2D eigenvalue weighted by atomic mass is 16.1. The molecule has 0 amide bonds. The number of rotatable bonds is 3. The van der Waals surface area contributed by atoms with Crippen molar-refractivity contribution in [1.29, 1.82) is 0 Å².